The Morgan fingerprint density at radius 2 is 0.844 bits per heavy atom. The van der Waals surface area contributed by atoms with Gasteiger partial charge >= 0.3 is 0 Å². The number of aryl methyl sites for hydroxylation is 7. The van der Waals surface area contributed by atoms with Crippen LogP contribution in [-0.2, 0) is 74.9 Å². The summed E-state index contributed by atoms with van der Waals surface area (Å²) in [7, 11) is 9.50. The van der Waals surface area contributed by atoms with E-state index in [2.05, 4.69) is 138 Å². The molecule has 12 aromatic heterocycles. The Bertz CT molecular complexity index is 8220. The predicted octanol–water partition coefficient (Wildman–Crippen LogP) is 22.3. The highest BCUT2D eigenvalue weighted by Gasteiger charge is 2.57. The van der Waals surface area contributed by atoms with Gasteiger partial charge in [0.1, 0.15) is 45.8 Å². The number of halogens is 8. The zero-order valence-corrected chi connectivity index (χ0v) is 86.9. The van der Waals surface area contributed by atoms with Crippen molar-refractivity contribution in [2.24, 2.45) is 47.1 Å². The number of rotatable bonds is 21. The van der Waals surface area contributed by atoms with Crippen molar-refractivity contribution in [3.8, 4) is 5.69 Å². The molecule has 0 bridgehead atoms. The lowest BCUT2D eigenvalue weighted by molar-refractivity contribution is 0.0914. The fraction of sp³-hybridized carbons (Fsp3) is 0.282. The van der Waals surface area contributed by atoms with Gasteiger partial charge in [0.25, 0.3) is 35.4 Å². The minimum Gasteiger partial charge on any atom is -0.357 e. The van der Waals surface area contributed by atoms with E-state index in [4.69, 9.17) is 46.4 Å². The molecular weight excluding hydrogens is 2020 g/mol. The maximum absolute atomic E-state index is 14.2. The number of H-pyrrole nitrogens is 6. The van der Waals surface area contributed by atoms with Crippen LogP contribution in [0, 0.1) is 36.2 Å². The predicted molar refractivity (Wildman–Crippen MR) is 567 cm³/mol. The van der Waals surface area contributed by atoms with Gasteiger partial charge in [-0.15, -0.1) is 0 Å². The Labute approximate surface area is 870 Å². The van der Waals surface area contributed by atoms with Crippen LogP contribution < -0.4 is 31.9 Å². The van der Waals surface area contributed by atoms with Crippen LogP contribution in [0.5, 0.6) is 0 Å². The number of carbonyl (C=O) groups excluding carboxylic acids is 6. The number of aromatic nitrogens is 17. The summed E-state index contributed by atoms with van der Waals surface area (Å²) in [6.07, 6.45) is 29.3. The minimum absolute atomic E-state index is 0.0463. The first-order valence-electron chi connectivity index (χ1n) is 48.6. The molecule has 4 atom stereocenters. The number of fused-ring (bicyclic) bond motifs is 6. The Kier molecular flexibility index (Phi) is 26.4. The van der Waals surface area contributed by atoms with Crippen molar-refractivity contribution >= 4 is 163 Å². The van der Waals surface area contributed by atoms with E-state index >= 15 is 0 Å². The fourth-order valence-corrected chi connectivity index (χ4v) is 20.9. The topological polar surface area (TPSA) is 363 Å². The van der Waals surface area contributed by atoms with Crippen molar-refractivity contribution in [2.75, 3.05) is 0 Å². The SMILES string of the molecule is CC(C)c1nn(C)cc1C1(NC(=O)c2cc3cc(Cl)ccc3[nH]2)CC1.CCc1nn(C)cc1C1(NC(=O)c2cc3cc(Cl)ccc3[nH]2)CC1.C[C@H]1C[C@@]1(NC(=O)c1cc2c(F)c(Cl)ccc2[nH]1)c1ccn(C)c1.Cc1ccc2[nH]c(C(=O)N[C@]3(c4cnn(C)c4)C[C@H]3C)cc2c1F.Cn1cc(C2(NC(=O)c3cc4cc(Br)cc(F)c4[nH]3)CC2)cn1.O=C(NC1(c2cnn(-c3ccccc3)c2)CC1)c1cc2cc(Cl)ccc2[nH]1. The lowest BCUT2D eigenvalue weighted by Crippen LogP contribution is -2.36. The van der Waals surface area contributed by atoms with E-state index in [9.17, 15) is 41.9 Å². The highest BCUT2D eigenvalue weighted by atomic mass is 79.9. The van der Waals surface area contributed by atoms with Crippen LogP contribution in [0.25, 0.3) is 71.1 Å². The van der Waals surface area contributed by atoms with Gasteiger partial charge in [0, 0.05) is 186 Å². The molecule has 0 aliphatic heterocycles. The van der Waals surface area contributed by atoms with Gasteiger partial charge in [0.2, 0.25) is 0 Å². The normalized spacial score (nSPS) is 17.9. The van der Waals surface area contributed by atoms with E-state index in [0.717, 1.165) is 154 Å². The van der Waals surface area contributed by atoms with Crippen molar-refractivity contribution in [1.82, 2.24) is 115 Å². The number of amides is 6. The number of nitrogens with one attached hydrogen (secondary N) is 12. The van der Waals surface area contributed by atoms with Crippen molar-refractivity contribution in [1.29, 1.82) is 0 Å². The molecule has 29 nitrogen and oxygen atoms in total. The number of para-hydroxylation sites is 1. The second-order valence-corrected chi connectivity index (χ2v) is 42.6. The molecule has 6 saturated carbocycles. The van der Waals surface area contributed by atoms with Gasteiger partial charge in [-0.05, 0) is 246 Å². The van der Waals surface area contributed by atoms with Crippen LogP contribution in [0.4, 0.5) is 13.2 Å². The summed E-state index contributed by atoms with van der Waals surface area (Å²) in [6.45, 7) is 12.3. The van der Waals surface area contributed by atoms with Crippen LogP contribution in [0.1, 0.15) is 218 Å². The molecule has 12 heterocycles. The molecule has 7 aromatic carbocycles. The Morgan fingerprint density at radius 3 is 1.31 bits per heavy atom. The summed E-state index contributed by atoms with van der Waals surface area (Å²) in [5.41, 5.74) is 15.0. The third-order valence-corrected chi connectivity index (χ3v) is 30.3. The second-order valence-electron chi connectivity index (χ2n) is 40.0. The average molecular weight is 2130 g/mol. The third kappa shape index (κ3) is 20.4. The van der Waals surface area contributed by atoms with Crippen LogP contribution in [-0.4, -0.2) is 119 Å². The monoisotopic (exact) mass is 2120 g/mol. The number of benzene rings is 7. The van der Waals surface area contributed by atoms with E-state index in [1.807, 2.05) is 213 Å². The summed E-state index contributed by atoms with van der Waals surface area (Å²) in [4.78, 5) is 94.6. The average Bonchev–Trinajstić information content (AvgIpc) is 1.57. The molecule has 0 saturated heterocycles. The largest absolute Gasteiger partial charge is 0.357 e. The quantitative estimate of drug-likeness (QED) is 0.0321. The van der Waals surface area contributed by atoms with Gasteiger partial charge < -0.3 is 66.4 Å². The molecule has 0 spiro atoms. The van der Waals surface area contributed by atoms with Gasteiger partial charge in [0.15, 0.2) is 5.82 Å². The first-order chi connectivity index (χ1) is 70.3. The molecule has 6 fully saturated rings. The maximum Gasteiger partial charge on any atom is 0.268 e. The Balaban J connectivity index is 0.000000107. The van der Waals surface area contributed by atoms with Crippen molar-refractivity contribution < 1.29 is 41.9 Å². The molecule has 754 valence electrons. The lowest BCUT2D eigenvalue weighted by Gasteiger charge is -2.18. The molecule has 37 heteroatoms. The summed E-state index contributed by atoms with van der Waals surface area (Å²) in [5.74, 6) is -1.17. The molecule has 147 heavy (non-hydrogen) atoms. The van der Waals surface area contributed by atoms with Gasteiger partial charge in [-0.2, -0.15) is 25.5 Å². The molecule has 25 rings (SSSR count). The minimum atomic E-state index is -0.512. The van der Waals surface area contributed by atoms with Crippen molar-refractivity contribution in [3.63, 3.8) is 0 Å². The summed E-state index contributed by atoms with van der Waals surface area (Å²) in [6, 6.07) is 48.7. The highest BCUT2D eigenvalue weighted by molar-refractivity contribution is 9.10. The molecule has 12 N–H and O–H groups in total. The number of hydrogen-bond acceptors (Lipinski definition) is 11. The van der Waals surface area contributed by atoms with Gasteiger partial charge in [-0.25, -0.2) is 17.9 Å². The zero-order valence-electron chi connectivity index (χ0n) is 82.3. The van der Waals surface area contributed by atoms with Gasteiger partial charge in [-0.1, -0.05) is 121 Å². The molecule has 6 amide bonds. The van der Waals surface area contributed by atoms with Crippen LogP contribution >= 0.6 is 62.3 Å². The smallest absolute Gasteiger partial charge is 0.268 e. The number of hydrogen-bond donors (Lipinski definition) is 12. The van der Waals surface area contributed by atoms with Crippen LogP contribution in [0.3, 0.4) is 0 Å². The molecule has 0 radical (unpaired) electrons. The fourth-order valence-electron chi connectivity index (χ4n) is 19.7. The van der Waals surface area contributed by atoms with E-state index in [1.54, 1.807) is 65.1 Å². The standard InChI is InChI=1S/C21H17ClN4O.C19H21ClN4O.C18H17ClFN3O.C18H19ClN4O.C18H19FN4O.C16H14BrFN4O/c22-16-6-7-18-14(10-16)11-19(24-18)20(27)25-21(8-9-21)15-12-23-26(13-15)17-4-2-1-3-5-17;1-11(2)17-14(10-24(3)23-17)19(6-7-19)22-18(25)16-9-12-8-13(20)4-5-15(12)21-16;1-10-8-18(10,11-5-6-23(2)9-11)22-17(24)15-7-12-14(21-15)4-3-13(19)16(12)20;1-3-14-13(10-23(2)22-14)18(6-7-18)21-17(24)16-9-11-8-12(19)4-5-15(11)20-16;1-10-4-5-14-13(16(10)19)6-15(21-14)17(24)22-18(7-11(18)2)12-8-20-23(3)9-12;1-22-8-10(7-19-22)16(2-3-16)21-15(23)13-5-9-4-11(17)6-12(18)14(9)20-13/h1-7,10-13,24H,8-9H2,(H,25,27);4-5,8-11,21H,6-7H2,1-3H3,(H,22,25);3-7,9-10,21H,8H2,1-2H3,(H,22,24);4-5,8-10,20H,3,6-7H2,1-2H3,(H,21,24);4-6,8-9,11,21H,7H2,1-3H3,(H,22,24);4-8,20H,2-3H2,1H3,(H,21,23)/t;;10-,18-;;11-,18-;/m..0.1./s1. The zero-order chi connectivity index (χ0) is 103. The Morgan fingerprint density at radius 1 is 0.429 bits per heavy atom. The lowest BCUT2D eigenvalue weighted by atomic mass is 9.99. The van der Waals surface area contributed by atoms with Crippen LogP contribution in [0.2, 0.25) is 20.1 Å². The molecule has 0 unspecified atom stereocenters. The van der Waals surface area contributed by atoms with E-state index < -0.39 is 5.82 Å². The van der Waals surface area contributed by atoms with E-state index in [1.165, 1.54) is 18.2 Å². The first-order valence-corrected chi connectivity index (χ1v) is 50.9. The van der Waals surface area contributed by atoms with E-state index in [0.29, 0.717) is 110 Å². The second kappa shape index (κ2) is 39.0. The molecule has 6 aliphatic carbocycles. The van der Waals surface area contributed by atoms with Crippen LogP contribution in [0.15, 0.2) is 230 Å². The van der Waals surface area contributed by atoms with Gasteiger partial charge in [-0.3, -0.25) is 47.5 Å². The first kappa shape index (κ1) is 99.7. The van der Waals surface area contributed by atoms with Crippen molar-refractivity contribution in [3.05, 3.63) is 352 Å². The summed E-state index contributed by atoms with van der Waals surface area (Å²) >= 11 is 27.1. The third-order valence-electron chi connectivity index (χ3n) is 28.8. The number of aromatic amines is 6. The van der Waals surface area contributed by atoms with Crippen molar-refractivity contribution in [2.45, 2.75) is 151 Å². The Hall–Kier alpha value is -14.6. The van der Waals surface area contributed by atoms with Gasteiger partial charge in [0.05, 0.1) is 79.4 Å². The summed E-state index contributed by atoms with van der Waals surface area (Å²) < 4.78 is 53.8. The number of nitrogens with zero attached hydrogens (tertiary/aromatic N) is 11. The molecular formula is C110H107BrCl4F3N23O6. The summed E-state index contributed by atoms with van der Waals surface area (Å²) in [5, 5.41) is 47.1. The van der Waals surface area contributed by atoms with E-state index in [-0.39, 0.29) is 85.3 Å². The molecule has 6 aliphatic rings. The number of carbonyl (C=O) groups is 6. The molecule has 19 aromatic rings. The highest BCUT2D eigenvalue weighted by Crippen LogP contribution is 2.55. The maximum atomic E-state index is 14.2.